The summed E-state index contributed by atoms with van der Waals surface area (Å²) in [5.41, 5.74) is 19.7. The predicted molar refractivity (Wildman–Crippen MR) is 374 cm³/mol. The number of aryl methyl sites for hydroxylation is 1. The first-order chi connectivity index (χ1) is 42.8. The number of ether oxygens (including phenoxy) is 1. The molecule has 0 amide bonds. The smallest absolute Gasteiger partial charge is 0.145 e. The molecular weight excluding hydrogens is 1070 g/mol. The maximum atomic E-state index is 9.64. The molecule has 3 aromatic heterocycles. The van der Waals surface area contributed by atoms with E-state index in [1.54, 1.807) is 0 Å². The summed E-state index contributed by atoms with van der Waals surface area (Å²) in [6.07, 6.45) is 1.88. The third kappa shape index (κ3) is 10.4. The maximum absolute atomic E-state index is 9.64. The molecule has 6 nitrogen and oxygen atoms in total. The Morgan fingerprint density at radius 1 is 0.466 bits per heavy atom. The van der Waals surface area contributed by atoms with Crippen molar-refractivity contribution in [1.29, 1.82) is 0 Å². The van der Waals surface area contributed by atoms with E-state index >= 15 is 0 Å². The van der Waals surface area contributed by atoms with Gasteiger partial charge in [0, 0.05) is 55.4 Å². The van der Waals surface area contributed by atoms with Crippen LogP contribution in [0.5, 0.6) is 11.5 Å². The Balaban J connectivity index is 1.05. The van der Waals surface area contributed by atoms with E-state index in [0.717, 1.165) is 122 Å². The van der Waals surface area contributed by atoms with Gasteiger partial charge in [0.05, 0.1) is 33.5 Å². The van der Waals surface area contributed by atoms with Gasteiger partial charge in [-0.3, -0.25) is 4.57 Å². The second kappa shape index (κ2) is 20.9. The molecule has 0 bridgehead atoms. The van der Waals surface area contributed by atoms with Gasteiger partial charge in [0.1, 0.15) is 35.2 Å². The number of fused-ring (bicyclic) bond motifs is 8. The number of rotatable bonds is 8. The number of pyridine rings is 1. The molecule has 9 aromatic carbocycles. The Morgan fingerprint density at radius 3 is 1.62 bits per heavy atom. The van der Waals surface area contributed by atoms with Gasteiger partial charge in [-0.15, -0.1) is 0 Å². The Labute approximate surface area is 525 Å². The van der Waals surface area contributed by atoms with Crippen LogP contribution < -0.4 is 14.5 Å². The first-order valence-corrected chi connectivity index (χ1v) is 31.2. The molecule has 0 saturated heterocycles. The van der Waals surface area contributed by atoms with Crippen LogP contribution in [0.1, 0.15) is 147 Å². The normalized spacial score (nSPS) is 14.1. The van der Waals surface area contributed by atoms with Crippen LogP contribution in [-0.2, 0) is 27.1 Å². The van der Waals surface area contributed by atoms with E-state index in [9.17, 15) is 4.11 Å². The summed E-state index contributed by atoms with van der Waals surface area (Å²) in [4.78, 5) is 9.85. The third-order valence-corrected chi connectivity index (χ3v) is 18.1. The van der Waals surface area contributed by atoms with Gasteiger partial charge in [-0.25, -0.2) is 4.98 Å². The van der Waals surface area contributed by atoms with Crippen LogP contribution in [0.25, 0.3) is 82.9 Å². The van der Waals surface area contributed by atoms with Crippen LogP contribution in [0, 0.1) is 13.8 Å². The van der Waals surface area contributed by atoms with Crippen LogP contribution in [0.4, 0.5) is 22.7 Å². The number of para-hydroxylation sites is 3. The first-order valence-electron chi connectivity index (χ1n) is 32.7. The fourth-order valence-corrected chi connectivity index (χ4v) is 12.9. The zero-order valence-electron chi connectivity index (χ0n) is 57.2. The van der Waals surface area contributed by atoms with Crippen molar-refractivity contribution in [1.82, 2.24) is 9.55 Å². The van der Waals surface area contributed by atoms with Gasteiger partial charge in [-0.2, -0.15) is 0 Å². The largest absolute Gasteiger partial charge is 0.457 e. The van der Waals surface area contributed by atoms with Crippen LogP contribution >= 0.6 is 0 Å². The lowest BCUT2D eigenvalue weighted by molar-refractivity contribution is 0.480. The van der Waals surface area contributed by atoms with Gasteiger partial charge in [-0.05, 0) is 175 Å². The number of aromatic nitrogens is 2. The quantitative estimate of drug-likeness (QED) is 0.152. The molecule has 88 heavy (non-hydrogen) atoms. The molecule has 0 unspecified atom stereocenters. The van der Waals surface area contributed by atoms with Crippen LogP contribution in [-0.4, -0.2) is 16.2 Å². The van der Waals surface area contributed by atoms with Gasteiger partial charge in [-0.1, -0.05) is 201 Å². The molecule has 4 heterocycles. The zero-order valence-corrected chi connectivity index (χ0v) is 54.2. The topological polar surface area (TPSA) is 46.7 Å². The SMILES string of the molecule is [2H]C([2H])([2H])c1c(Oc2ccc3c4c5oc6ccccc6c5ccc4n(-c4cc(C(C)(C)C)ccn4)c3c2)cc(N2CN(c3c(-c4ccc(C(C)(C)C)cc4)cc(C)cc3-c3ccc(C(C)(C)C)cc3)c3ccccc32)cc1-c1cc(C(C)(C)C)cc(C(C)(C)C)c1. The average Bonchev–Trinajstić information content (AvgIpc) is 1.65. The first kappa shape index (κ1) is 54.5. The minimum atomic E-state index is -2.63. The highest BCUT2D eigenvalue weighted by atomic mass is 16.5. The lowest BCUT2D eigenvalue weighted by Gasteiger charge is -2.29. The van der Waals surface area contributed by atoms with Gasteiger partial charge >= 0.3 is 0 Å². The second-order valence-electron chi connectivity index (χ2n) is 29.7. The Bertz CT molecular complexity index is 4720. The molecule has 0 radical (unpaired) electrons. The van der Waals surface area contributed by atoms with E-state index in [0.29, 0.717) is 18.0 Å². The lowest BCUT2D eigenvalue weighted by Crippen LogP contribution is -2.25. The summed E-state index contributed by atoms with van der Waals surface area (Å²) in [7, 11) is 0. The molecule has 12 aromatic rings. The van der Waals surface area contributed by atoms with E-state index in [1.807, 2.05) is 42.6 Å². The Morgan fingerprint density at radius 2 is 1.03 bits per heavy atom. The average molecular weight is 1160 g/mol. The Kier molecular flexibility index (Phi) is 12.9. The number of furan rings is 1. The van der Waals surface area contributed by atoms with Gasteiger partial charge in [0.2, 0.25) is 0 Å². The van der Waals surface area contributed by atoms with Crippen LogP contribution in [0.2, 0.25) is 0 Å². The van der Waals surface area contributed by atoms with E-state index < -0.39 is 6.85 Å². The Hall–Kier alpha value is -8.87. The molecule has 444 valence electrons. The molecule has 1 aliphatic heterocycles. The number of benzene rings is 9. The molecule has 0 fully saturated rings. The van der Waals surface area contributed by atoms with Crippen molar-refractivity contribution in [2.24, 2.45) is 0 Å². The molecule has 0 N–H and O–H groups in total. The number of hydrogen-bond acceptors (Lipinski definition) is 5. The van der Waals surface area contributed by atoms with Crippen molar-refractivity contribution in [3.63, 3.8) is 0 Å². The van der Waals surface area contributed by atoms with Gasteiger partial charge in [0.25, 0.3) is 0 Å². The highest BCUT2D eigenvalue weighted by molar-refractivity contribution is 6.24. The monoisotopic (exact) mass is 1160 g/mol. The van der Waals surface area contributed by atoms with Crippen molar-refractivity contribution >= 4 is 66.5 Å². The van der Waals surface area contributed by atoms with Crippen molar-refractivity contribution in [3.8, 4) is 50.7 Å². The summed E-state index contributed by atoms with van der Waals surface area (Å²) >= 11 is 0. The molecule has 0 atom stereocenters. The number of anilines is 4. The fourth-order valence-electron chi connectivity index (χ4n) is 12.9. The second-order valence-corrected chi connectivity index (χ2v) is 29.7. The highest BCUT2D eigenvalue weighted by Crippen LogP contribution is 2.53. The molecule has 6 heteroatoms. The summed E-state index contributed by atoms with van der Waals surface area (Å²) in [5, 5.41) is 3.98. The molecule has 0 spiro atoms. The van der Waals surface area contributed by atoms with E-state index in [-0.39, 0.29) is 38.4 Å². The maximum Gasteiger partial charge on any atom is 0.145 e. The third-order valence-electron chi connectivity index (χ3n) is 18.1. The number of nitrogens with zero attached hydrogens (tertiary/aromatic N) is 4. The van der Waals surface area contributed by atoms with Crippen molar-refractivity contribution in [2.45, 2.75) is 145 Å². The minimum Gasteiger partial charge on any atom is -0.457 e. The standard InChI is InChI=1S/C82H84N4O2/c1-50-40-66(52-26-30-55(31-27-52)78(3,4)5)76(67(41-50)53-28-32-56(33-29-53)79(6,7)8)85-49-84(68-23-19-20-24-69(68)85)60-46-65(54-42-58(81(12,13)14)44-59(43-54)82(15,16)17)51(2)73(47-60)87-61-34-35-64-71(48-61)86(74-45-57(38-39-83-74)80(9,10)11)70-37-36-63-62-22-18-21-25-72(62)88-77(63)75(64)70/h18-48H,49H2,1-17H3/i2D3. The summed E-state index contributed by atoms with van der Waals surface area (Å²) in [6, 6.07) is 65.1. The lowest BCUT2D eigenvalue weighted by atomic mass is 9.78. The van der Waals surface area contributed by atoms with Crippen LogP contribution in [0.3, 0.4) is 0 Å². The summed E-state index contributed by atoms with van der Waals surface area (Å²) < 4.78 is 45.3. The van der Waals surface area contributed by atoms with Crippen LogP contribution in [0.15, 0.2) is 193 Å². The van der Waals surface area contributed by atoms with Crippen molar-refractivity contribution in [3.05, 3.63) is 227 Å². The molecule has 1 aliphatic rings. The minimum absolute atomic E-state index is 0.0205. The highest BCUT2D eigenvalue weighted by Gasteiger charge is 2.34. The fraction of sp³-hybridized carbons (Fsp3) is 0.280. The predicted octanol–water partition coefficient (Wildman–Crippen LogP) is 23.2. The summed E-state index contributed by atoms with van der Waals surface area (Å²) in [5.74, 6) is 1.47. The molecule has 0 aliphatic carbocycles. The van der Waals surface area contributed by atoms with E-state index in [1.165, 1.54) is 11.1 Å². The molecular formula is C82H84N4O2. The number of hydrogen-bond donors (Lipinski definition) is 0. The molecule has 0 saturated carbocycles. The van der Waals surface area contributed by atoms with E-state index in [4.69, 9.17) is 14.1 Å². The van der Waals surface area contributed by atoms with Gasteiger partial charge in [0.15, 0.2) is 0 Å². The van der Waals surface area contributed by atoms with Crippen molar-refractivity contribution in [2.75, 3.05) is 16.5 Å². The van der Waals surface area contributed by atoms with E-state index in [2.05, 4.69) is 271 Å². The summed E-state index contributed by atoms with van der Waals surface area (Å²) in [6.45, 7) is 33.5. The van der Waals surface area contributed by atoms with Crippen molar-refractivity contribution < 1.29 is 13.3 Å². The molecule has 13 rings (SSSR count). The zero-order chi connectivity index (χ0) is 64.6. The van der Waals surface area contributed by atoms with Gasteiger partial charge < -0.3 is 19.0 Å².